The van der Waals surface area contributed by atoms with E-state index in [-0.39, 0.29) is 0 Å². The van der Waals surface area contributed by atoms with Gasteiger partial charge in [0.2, 0.25) is 0 Å². The van der Waals surface area contributed by atoms with Crippen molar-refractivity contribution in [2.45, 2.75) is 20.1 Å². The highest BCUT2D eigenvalue weighted by molar-refractivity contribution is 7.96. The number of thiocarbonyl (C=S) groups is 1. The molecule has 1 rings (SSSR count). The van der Waals surface area contributed by atoms with Crippen molar-refractivity contribution in [2.24, 2.45) is 5.73 Å². The number of amides is 1. The molecule has 0 atom stereocenters. The van der Waals surface area contributed by atoms with Gasteiger partial charge in [0, 0.05) is 26.2 Å². The molecule has 23 heavy (non-hydrogen) atoms. The van der Waals surface area contributed by atoms with Gasteiger partial charge in [0.1, 0.15) is 12.4 Å². The molecule has 0 saturated heterocycles. The lowest BCUT2D eigenvalue weighted by molar-refractivity contribution is 0.257. The molecule has 130 valence electrons. The molecule has 1 amide bonds. The summed E-state index contributed by atoms with van der Waals surface area (Å²) in [6.45, 7) is 3.00. The van der Waals surface area contributed by atoms with Crippen LogP contribution < -0.4 is 5.73 Å². The first kappa shape index (κ1) is 21.5. The van der Waals surface area contributed by atoms with E-state index in [1.165, 1.54) is 0 Å². The van der Waals surface area contributed by atoms with E-state index in [0.717, 1.165) is 16.7 Å². The van der Waals surface area contributed by atoms with Crippen LogP contribution in [0.1, 0.15) is 16.7 Å². The molecule has 0 spiro atoms. The van der Waals surface area contributed by atoms with Crippen LogP contribution >= 0.6 is 24.8 Å². The lowest BCUT2D eigenvalue weighted by atomic mass is 10.0. The van der Waals surface area contributed by atoms with Gasteiger partial charge in [-0.1, -0.05) is 12.6 Å². The Morgan fingerprint density at radius 1 is 1.35 bits per heavy atom. The molecule has 0 unspecified atom stereocenters. The minimum Gasteiger partial charge on any atom is -0.507 e. The molecular formula is C15H25N3O3S2. The first-order valence-electron chi connectivity index (χ1n) is 6.83. The van der Waals surface area contributed by atoms with Crippen LogP contribution in [-0.4, -0.2) is 53.5 Å². The van der Waals surface area contributed by atoms with Gasteiger partial charge in [0.15, 0.2) is 0 Å². The van der Waals surface area contributed by atoms with Crippen LogP contribution in [0.5, 0.6) is 5.75 Å². The lowest BCUT2D eigenvalue weighted by Crippen LogP contribution is -2.22. The summed E-state index contributed by atoms with van der Waals surface area (Å²) in [5.41, 5.74) is 7.10. The molecule has 0 aromatic heterocycles. The van der Waals surface area contributed by atoms with Crippen LogP contribution in [0, 0.1) is 6.92 Å². The average Bonchev–Trinajstić information content (AvgIpc) is 2.40. The number of aryl methyl sites for hydroxylation is 1. The maximum Gasteiger partial charge on any atom is 0.273 e. The van der Waals surface area contributed by atoms with E-state index in [1.54, 1.807) is 4.90 Å². The van der Waals surface area contributed by atoms with Gasteiger partial charge < -0.3 is 25.4 Å². The number of nitrogens with two attached hydrogens (primary N) is 1. The lowest BCUT2D eigenvalue weighted by Gasteiger charge is -2.17. The Balaban J connectivity index is 0.00000108. The van der Waals surface area contributed by atoms with Crippen molar-refractivity contribution in [3.63, 3.8) is 0 Å². The molecule has 0 aliphatic carbocycles. The standard InChI is InChI=1S/C14H22N2O2S.CH3NOS/c1-10-6-11(9-18-14(19)16(4)5)7-12(13(10)17)8-15(2)3;2-1(3)4/h6-7,17H,8-9H2,1-5H3;(H3,2,3,4). The normalized spacial score (nSPS) is 9.87. The van der Waals surface area contributed by atoms with Crippen LogP contribution in [0.3, 0.4) is 0 Å². The summed E-state index contributed by atoms with van der Waals surface area (Å²) in [4.78, 5) is 12.9. The minimum absolute atomic E-state index is 0.354. The maximum atomic E-state index is 10.0. The number of aromatic hydroxyl groups is 1. The Kier molecular flexibility index (Phi) is 9.62. The first-order valence-corrected chi connectivity index (χ1v) is 7.68. The van der Waals surface area contributed by atoms with Gasteiger partial charge in [-0.2, -0.15) is 0 Å². The number of nitrogens with zero attached hydrogens (tertiary/aromatic N) is 2. The van der Waals surface area contributed by atoms with Crippen LogP contribution in [0.2, 0.25) is 0 Å². The SMILES string of the molecule is Cc1cc(COC(=S)N(C)C)cc(CN(C)C)c1O.NC(=O)S. The predicted molar refractivity (Wildman–Crippen MR) is 99.9 cm³/mol. The van der Waals surface area contributed by atoms with E-state index in [0.29, 0.717) is 24.1 Å². The molecular weight excluding hydrogens is 334 g/mol. The zero-order valence-electron chi connectivity index (χ0n) is 14.2. The van der Waals surface area contributed by atoms with Gasteiger partial charge >= 0.3 is 0 Å². The second-order valence-corrected chi connectivity index (χ2v) is 6.24. The summed E-state index contributed by atoms with van der Waals surface area (Å²) < 4.78 is 5.51. The third-order valence-electron chi connectivity index (χ3n) is 2.65. The topological polar surface area (TPSA) is 79.0 Å². The van der Waals surface area contributed by atoms with Crippen molar-refractivity contribution in [1.82, 2.24) is 9.80 Å². The van der Waals surface area contributed by atoms with Gasteiger partial charge in [-0.25, -0.2) is 0 Å². The summed E-state index contributed by atoms with van der Waals surface area (Å²) in [7, 11) is 7.64. The predicted octanol–water partition coefficient (Wildman–Crippen LogP) is 2.12. The first-order chi connectivity index (χ1) is 10.5. The Labute approximate surface area is 148 Å². The number of thiol groups is 1. The third-order valence-corrected chi connectivity index (χ3v) is 3.14. The highest BCUT2D eigenvalue weighted by Gasteiger charge is 2.09. The number of benzene rings is 1. The molecule has 8 heteroatoms. The smallest absolute Gasteiger partial charge is 0.273 e. The zero-order valence-corrected chi connectivity index (χ0v) is 15.9. The highest BCUT2D eigenvalue weighted by Crippen LogP contribution is 2.25. The van der Waals surface area contributed by atoms with Gasteiger partial charge in [0.25, 0.3) is 10.4 Å². The van der Waals surface area contributed by atoms with Crippen molar-refractivity contribution in [1.29, 1.82) is 0 Å². The second-order valence-electron chi connectivity index (χ2n) is 5.45. The molecule has 3 N–H and O–H groups in total. The molecule has 1 aromatic rings. The van der Waals surface area contributed by atoms with Crippen LogP contribution in [0.15, 0.2) is 12.1 Å². The largest absolute Gasteiger partial charge is 0.507 e. The van der Waals surface area contributed by atoms with Gasteiger partial charge in [-0.15, -0.1) is 0 Å². The molecule has 0 aliphatic heterocycles. The van der Waals surface area contributed by atoms with Crippen LogP contribution in [0.25, 0.3) is 0 Å². The molecule has 0 saturated carbocycles. The van der Waals surface area contributed by atoms with E-state index in [9.17, 15) is 5.11 Å². The fourth-order valence-corrected chi connectivity index (χ4v) is 1.81. The fourth-order valence-electron chi connectivity index (χ4n) is 1.75. The summed E-state index contributed by atoms with van der Waals surface area (Å²) in [6, 6.07) is 3.88. The Bertz CT molecular complexity index is 545. The van der Waals surface area contributed by atoms with Crippen molar-refractivity contribution in [2.75, 3.05) is 28.2 Å². The molecule has 1 aromatic carbocycles. The molecule has 0 heterocycles. The fraction of sp³-hybridized carbons (Fsp3) is 0.467. The van der Waals surface area contributed by atoms with E-state index in [2.05, 4.69) is 18.4 Å². The van der Waals surface area contributed by atoms with Crippen molar-refractivity contribution in [3.05, 3.63) is 28.8 Å². The number of carbonyl (C=O) groups is 1. The van der Waals surface area contributed by atoms with Crippen molar-refractivity contribution in [3.8, 4) is 5.75 Å². The van der Waals surface area contributed by atoms with Crippen molar-refractivity contribution < 1.29 is 14.6 Å². The monoisotopic (exact) mass is 359 g/mol. The summed E-state index contributed by atoms with van der Waals surface area (Å²) in [6.07, 6.45) is 0. The third kappa shape index (κ3) is 9.27. The van der Waals surface area contributed by atoms with E-state index in [1.807, 2.05) is 52.1 Å². The number of rotatable bonds is 4. The molecule has 6 nitrogen and oxygen atoms in total. The van der Waals surface area contributed by atoms with Crippen LogP contribution in [-0.2, 0) is 17.9 Å². The summed E-state index contributed by atoms with van der Waals surface area (Å²) in [5.74, 6) is 0.354. The highest BCUT2D eigenvalue weighted by atomic mass is 32.1. The number of phenols is 1. The number of hydrogen-bond acceptors (Lipinski definition) is 5. The molecule has 0 bridgehead atoms. The summed E-state index contributed by atoms with van der Waals surface area (Å²) in [5, 5.41) is 9.85. The number of phenolic OH excluding ortho intramolecular Hbond substituents is 1. The quantitative estimate of drug-likeness (QED) is 0.564. The molecule has 0 aliphatic rings. The molecule has 0 radical (unpaired) electrons. The number of carbonyl (C=O) groups excluding carboxylic acids is 1. The number of ether oxygens (including phenoxy) is 1. The Morgan fingerprint density at radius 3 is 2.30 bits per heavy atom. The van der Waals surface area contributed by atoms with E-state index >= 15 is 0 Å². The molecule has 0 fully saturated rings. The van der Waals surface area contributed by atoms with E-state index in [4.69, 9.17) is 21.7 Å². The second kappa shape index (κ2) is 10.3. The minimum atomic E-state index is -0.639. The number of hydrogen-bond donors (Lipinski definition) is 3. The zero-order chi connectivity index (χ0) is 18.2. The Morgan fingerprint density at radius 2 is 1.87 bits per heavy atom. The summed E-state index contributed by atoms with van der Waals surface area (Å²) >= 11 is 8.19. The van der Waals surface area contributed by atoms with E-state index < -0.39 is 5.24 Å². The Hall–Kier alpha value is -1.51. The van der Waals surface area contributed by atoms with Crippen molar-refractivity contribution >= 4 is 35.3 Å². The maximum absolute atomic E-state index is 10.0. The average molecular weight is 360 g/mol. The van der Waals surface area contributed by atoms with Gasteiger partial charge in [-0.3, -0.25) is 4.79 Å². The van der Waals surface area contributed by atoms with Gasteiger partial charge in [-0.05, 0) is 56.5 Å². The number of primary amides is 1. The van der Waals surface area contributed by atoms with Gasteiger partial charge in [0.05, 0.1) is 0 Å². The van der Waals surface area contributed by atoms with Crippen LogP contribution in [0.4, 0.5) is 4.79 Å².